The maximum absolute atomic E-state index is 12.3. The van der Waals surface area contributed by atoms with Crippen LogP contribution in [0.2, 0.25) is 10.0 Å². The summed E-state index contributed by atoms with van der Waals surface area (Å²) in [6.45, 7) is 3.86. The zero-order valence-electron chi connectivity index (χ0n) is 16.2. The van der Waals surface area contributed by atoms with E-state index in [0.29, 0.717) is 27.2 Å². The molecule has 2 aromatic rings. The highest BCUT2D eigenvalue weighted by Crippen LogP contribution is 2.28. The van der Waals surface area contributed by atoms with Gasteiger partial charge >= 0.3 is 0 Å². The van der Waals surface area contributed by atoms with Gasteiger partial charge in [-0.15, -0.1) is 0 Å². The molecule has 0 aliphatic rings. The highest BCUT2D eigenvalue weighted by Gasteiger charge is 2.15. The summed E-state index contributed by atoms with van der Waals surface area (Å²) in [5.41, 5.74) is 2.95. The van der Waals surface area contributed by atoms with Crippen molar-refractivity contribution in [3.05, 3.63) is 51.5 Å². The number of hydrogen-bond acceptors (Lipinski definition) is 4. The fourth-order valence-electron chi connectivity index (χ4n) is 2.77. The maximum atomic E-state index is 12.3. The Labute approximate surface area is 174 Å². The lowest BCUT2D eigenvalue weighted by molar-refractivity contribution is -0.119. The molecule has 28 heavy (non-hydrogen) atoms. The van der Waals surface area contributed by atoms with Crippen LogP contribution in [0.1, 0.15) is 11.1 Å². The van der Waals surface area contributed by atoms with E-state index < -0.39 is 0 Å². The number of ether oxygens (including phenoxy) is 1. The summed E-state index contributed by atoms with van der Waals surface area (Å²) in [7, 11) is 3.19. The molecule has 8 heteroatoms. The number of benzene rings is 2. The maximum Gasteiger partial charge on any atom is 0.238 e. The summed E-state index contributed by atoms with van der Waals surface area (Å²) < 4.78 is 5.20. The molecule has 0 spiro atoms. The lowest BCUT2D eigenvalue weighted by atomic mass is 10.1. The van der Waals surface area contributed by atoms with Crippen LogP contribution in [0.3, 0.4) is 0 Å². The molecule has 0 aromatic heterocycles. The molecule has 0 saturated carbocycles. The van der Waals surface area contributed by atoms with Gasteiger partial charge < -0.3 is 15.4 Å². The van der Waals surface area contributed by atoms with E-state index in [2.05, 4.69) is 10.6 Å². The molecular formula is C20H23Cl2N3O3. The van der Waals surface area contributed by atoms with Crippen LogP contribution in [0.25, 0.3) is 0 Å². The van der Waals surface area contributed by atoms with Crippen molar-refractivity contribution in [2.45, 2.75) is 13.8 Å². The van der Waals surface area contributed by atoms with Crippen molar-refractivity contribution in [2.24, 2.45) is 0 Å². The molecule has 0 fully saturated rings. The third kappa shape index (κ3) is 6.12. The van der Waals surface area contributed by atoms with Crippen LogP contribution >= 0.6 is 23.2 Å². The van der Waals surface area contributed by atoms with E-state index in [1.807, 2.05) is 19.9 Å². The monoisotopic (exact) mass is 423 g/mol. The molecule has 6 nitrogen and oxygen atoms in total. The number of aryl methyl sites for hydroxylation is 2. The largest absolute Gasteiger partial charge is 0.495 e. The number of hydrogen-bond donors (Lipinski definition) is 2. The van der Waals surface area contributed by atoms with Gasteiger partial charge in [-0.25, -0.2) is 0 Å². The predicted molar refractivity (Wildman–Crippen MR) is 114 cm³/mol. The van der Waals surface area contributed by atoms with Crippen molar-refractivity contribution < 1.29 is 14.3 Å². The summed E-state index contributed by atoms with van der Waals surface area (Å²) in [5.74, 6) is -0.0486. The minimum Gasteiger partial charge on any atom is -0.495 e. The first kappa shape index (κ1) is 22.0. The molecule has 0 radical (unpaired) electrons. The molecular weight excluding hydrogens is 401 g/mol. The van der Waals surface area contributed by atoms with Gasteiger partial charge in [0.2, 0.25) is 11.8 Å². The summed E-state index contributed by atoms with van der Waals surface area (Å²) in [6, 6.07) is 8.68. The molecule has 150 valence electrons. The van der Waals surface area contributed by atoms with E-state index in [1.165, 1.54) is 7.11 Å². The van der Waals surface area contributed by atoms with Crippen LogP contribution < -0.4 is 15.4 Å². The SMILES string of the molecule is COc1ccc(Cl)cc1NC(=O)CN(C)CC(=O)Nc1c(C)cc(C)cc1Cl. The van der Waals surface area contributed by atoms with Crippen molar-refractivity contribution in [1.82, 2.24) is 4.90 Å². The van der Waals surface area contributed by atoms with Crippen LogP contribution in [0, 0.1) is 13.8 Å². The van der Waals surface area contributed by atoms with Crippen LogP contribution in [0.5, 0.6) is 5.75 Å². The van der Waals surface area contributed by atoms with E-state index >= 15 is 0 Å². The molecule has 2 rings (SSSR count). The first-order valence-corrected chi connectivity index (χ1v) is 9.33. The molecule has 0 bridgehead atoms. The lowest BCUT2D eigenvalue weighted by Crippen LogP contribution is -2.36. The van der Waals surface area contributed by atoms with Crippen molar-refractivity contribution >= 4 is 46.4 Å². The van der Waals surface area contributed by atoms with E-state index in [9.17, 15) is 9.59 Å². The van der Waals surface area contributed by atoms with Gasteiger partial charge in [0.05, 0.1) is 36.6 Å². The highest BCUT2D eigenvalue weighted by molar-refractivity contribution is 6.34. The average molecular weight is 424 g/mol. The molecule has 0 heterocycles. The second kappa shape index (κ2) is 9.78. The molecule has 0 aliphatic carbocycles. The van der Waals surface area contributed by atoms with Crippen LogP contribution in [-0.2, 0) is 9.59 Å². The van der Waals surface area contributed by atoms with E-state index in [1.54, 1.807) is 36.2 Å². The second-order valence-corrected chi connectivity index (χ2v) is 7.40. The summed E-state index contributed by atoms with van der Waals surface area (Å²) >= 11 is 12.2. The number of halogens is 2. The zero-order chi connectivity index (χ0) is 20.8. The Kier molecular flexibility index (Phi) is 7.69. The van der Waals surface area contributed by atoms with Gasteiger partial charge in [0.25, 0.3) is 0 Å². The van der Waals surface area contributed by atoms with Crippen molar-refractivity contribution in [1.29, 1.82) is 0 Å². The van der Waals surface area contributed by atoms with Crippen molar-refractivity contribution in [3.63, 3.8) is 0 Å². The van der Waals surface area contributed by atoms with Crippen LogP contribution in [-0.4, -0.2) is 44.0 Å². The molecule has 0 atom stereocenters. The predicted octanol–water partition coefficient (Wildman–Crippen LogP) is 4.13. The first-order valence-electron chi connectivity index (χ1n) is 8.58. The number of likely N-dealkylation sites (N-methyl/N-ethyl adjacent to an activating group) is 1. The Bertz CT molecular complexity index is 864. The smallest absolute Gasteiger partial charge is 0.238 e. The third-order valence-electron chi connectivity index (χ3n) is 3.96. The second-order valence-electron chi connectivity index (χ2n) is 6.55. The molecule has 0 aliphatic heterocycles. The van der Waals surface area contributed by atoms with Gasteiger partial charge in [-0.1, -0.05) is 29.3 Å². The highest BCUT2D eigenvalue weighted by atomic mass is 35.5. The Balaban J connectivity index is 1.93. The topological polar surface area (TPSA) is 70.7 Å². The third-order valence-corrected chi connectivity index (χ3v) is 4.49. The first-order chi connectivity index (χ1) is 13.2. The van der Waals surface area contributed by atoms with Crippen LogP contribution in [0.15, 0.2) is 30.3 Å². The zero-order valence-corrected chi connectivity index (χ0v) is 17.7. The van der Waals surface area contributed by atoms with Gasteiger partial charge in [-0.05, 0) is 56.3 Å². The van der Waals surface area contributed by atoms with E-state index in [-0.39, 0.29) is 24.9 Å². The minimum atomic E-state index is -0.291. The number of carbonyl (C=O) groups is 2. The summed E-state index contributed by atoms with van der Waals surface area (Å²) in [5, 5.41) is 6.51. The van der Waals surface area contributed by atoms with Gasteiger partial charge in [0.15, 0.2) is 0 Å². The fourth-order valence-corrected chi connectivity index (χ4v) is 3.31. The number of methoxy groups -OCH3 is 1. The van der Waals surface area contributed by atoms with Gasteiger partial charge in [0, 0.05) is 5.02 Å². The van der Waals surface area contributed by atoms with Gasteiger partial charge in [0.1, 0.15) is 5.75 Å². The standard InChI is InChI=1S/C20H23Cl2N3O3/c1-12-7-13(2)20(15(22)8-12)24-19(27)11-25(3)10-18(26)23-16-9-14(21)5-6-17(16)28-4/h5-9H,10-11H2,1-4H3,(H,23,26)(H,24,27). The normalized spacial score (nSPS) is 10.7. The molecule has 0 saturated heterocycles. The number of nitrogens with zero attached hydrogens (tertiary/aromatic N) is 1. The quantitative estimate of drug-likeness (QED) is 0.702. The number of nitrogens with one attached hydrogen (secondary N) is 2. The van der Waals surface area contributed by atoms with Gasteiger partial charge in [-0.3, -0.25) is 14.5 Å². The molecule has 0 unspecified atom stereocenters. The molecule has 2 N–H and O–H groups in total. The number of amides is 2. The molecule has 2 amide bonds. The van der Waals surface area contributed by atoms with Gasteiger partial charge in [-0.2, -0.15) is 0 Å². The summed E-state index contributed by atoms with van der Waals surface area (Å²) in [6.07, 6.45) is 0. The Morgan fingerprint density at radius 3 is 2.29 bits per heavy atom. The Hall–Kier alpha value is -2.28. The fraction of sp³-hybridized carbons (Fsp3) is 0.300. The molecule has 2 aromatic carbocycles. The lowest BCUT2D eigenvalue weighted by Gasteiger charge is -2.18. The number of anilines is 2. The number of carbonyl (C=O) groups excluding carboxylic acids is 2. The minimum absolute atomic E-state index is 0.0176. The summed E-state index contributed by atoms with van der Waals surface area (Å²) in [4.78, 5) is 26.2. The van der Waals surface area contributed by atoms with Crippen molar-refractivity contribution in [3.8, 4) is 5.75 Å². The van der Waals surface area contributed by atoms with Crippen LogP contribution in [0.4, 0.5) is 11.4 Å². The Morgan fingerprint density at radius 2 is 1.68 bits per heavy atom. The van der Waals surface area contributed by atoms with Crippen molar-refractivity contribution in [2.75, 3.05) is 37.9 Å². The average Bonchev–Trinajstić information content (AvgIpc) is 2.58. The van der Waals surface area contributed by atoms with E-state index in [4.69, 9.17) is 27.9 Å². The van der Waals surface area contributed by atoms with E-state index in [0.717, 1.165) is 11.1 Å². The Morgan fingerprint density at radius 1 is 1.04 bits per heavy atom. The number of rotatable bonds is 7.